The second-order valence-electron chi connectivity index (χ2n) is 3.61. The molecule has 7 heteroatoms. The molecular weight excluding hydrogens is 256 g/mol. The van der Waals surface area contributed by atoms with Gasteiger partial charge in [-0.1, -0.05) is 13.0 Å². The lowest BCUT2D eigenvalue weighted by molar-refractivity contribution is -0.139. The first-order chi connectivity index (χ1) is 8.40. The molecule has 1 aromatic rings. The van der Waals surface area contributed by atoms with E-state index >= 15 is 0 Å². The molecule has 18 heavy (non-hydrogen) atoms. The van der Waals surface area contributed by atoms with Gasteiger partial charge in [-0.15, -0.1) is 0 Å². The Bertz CT molecular complexity index is 540. The van der Waals surface area contributed by atoms with Crippen molar-refractivity contribution in [3.8, 4) is 0 Å². The number of benzene rings is 1. The lowest BCUT2D eigenvalue weighted by Gasteiger charge is -2.08. The molecule has 6 nitrogen and oxygen atoms in total. The number of nitrogens with two attached hydrogens (primary N) is 1. The molecule has 0 aliphatic rings. The largest absolute Gasteiger partial charge is 0.468 e. The zero-order chi connectivity index (χ0) is 13.8. The third-order valence-corrected chi connectivity index (χ3v) is 3.84. The molecule has 3 N–H and O–H groups in total. The van der Waals surface area contributed by atoms with Gasteiger partial charge in [-0.3, -0.25) is 4.79 Å². The van der Waals surface area contributed by atoms with Crippen LogP contribution in [0, 0.1) is 0 Å². The summed E-state index contributed by atoms with van der Waals surface area (Å²) in [7, 11) is -2.56. The molecule has 0 atom stereocenters. The molecule has 0 saturated heterocycles. The van der Waals surface area contributed by atoms with Crippen LogP contribution < -0.4 is 10.5 Å². The molecule has 1 rings (SSSR count). The summed E-state index contributed by atoms with van der Waals surface area (Å²) in [6.45, 7) is 1.52. The third-order valence-electron chi connectivity index (χ3n) is 2.44. The van der Waals surface area contributed by atoms with Crippen molar-refractivity contribution < 1.29 is 17.9 Å². The second-order valence-corrected chi connectivity index (χ2v) is 5.38. The fraction of sp³-hybridized carbons (Fsp3) is 0.364. The van der Waals surface area contributed by atoms with E-state index in [0.717, 1.165) is 12.0 Å². The highest BCUT2D eigenvalue weighted by atomic mass is 32.2. The summed E-state index contributed by atoms with van der Waals surface area (Å²) in [4.78, 5) is 10.9. The molecule has 0 fully saturated rings. The van der Waals surface area contributed by atoms with E-state index in [-0.39, 0.29) is 4.90 Å². The van der Waals surface area contributed by atoms with E-state index in [2.05, 4.69) is 9.46 Å². The summed E-state index contributed by atoms with van der Waals surface area (Å²) in [5, 5.41) is 0. The predicted molar refractivity (Wildman–Crippen MR) is 67.4 cm³/mol. The SMILES string of the molecule is CCc1ccc(S(=O)(=O)NCC(=O)OC)cc1N. The monoisotopic (exact) mass is 272 g/mol. The first-order valence-electron chi connectivity index (χ1n) is 5.35. The number of nitrogens with one attached hydrogen (secondary N) is 1. The number of esters is 1. The van der Waals surface area contributed by atoms with Gasteiger partial charge in [0.1, 0.15) is 6.54 Å². The van der Waals surface area contributed by atoms with Crippen LogP contribution in [0.15, 0.2) is 23.1 Å². The summed E-state index contributed by atoms with van der Waals surface area (Å²) < 4.78 is 30.1. The minimum atomic E-state index is -3.74. The molecule has 0 radical (unpaired) electrons. The summed E-state index contributed by atoms with van der Waals surface area (Å²) in [6.07, 6.45) is 0.724. The molecule has 0 aliphatic carbocycles. The van der Waals surface area contributed by atoms with Gasteiger partial charge in [0.15, 0.2) is 0 Å². The summed E-state index contributed by atoms with van der Waals surface area (Å²) in [5.74, 6) is -0.656. The van der Waals surface area contributed by atoms with Crippen LogP contribution >= 0.6 is 0 Å². The highest BCUT2D eigenvalue weighted by Crippen LogP contribution is 2.18. The standard InChI is InChI=1S/C11H16N2O4S/c1-3-8-4-5-9(6-10(8)12)18(15,16)13-7-11(14)17-2/h4-6,13H,3,7,12H2,1-2H3. The van der Waals surface area contributed by atoms with E-state index in [4.69, 9.17) is 5.73 Å². The number of methoxy groups -OCH3 is 1. The topological polar surface area (TPSA) is 98.5 Å². The van der Waals surface area contributed by atoms with Crippen molar-refractivity contribution in [3.05, 3.63) is 23.8 Å². The molecule has 0 spiro atoms. The van der Waals surface area contributed by atoms with Gasteiger partial charge >= 0.3 is 5.97 Å². The van der Waals surface area contributed by atoms with Gasteiger partial charge in [-0.25, -0.2) is 8.42 Å². The Morgan fingerprint density at radius 1 is 1.44 bits per heavy atom. The minimum Gasteiger partial charge on any atom is -0.468 e. The molecule has 0 unspecified atom stereocenters. The van der Waals surface area contributed by atoms with Crippen molar-refractivity contribution in [1.29, 1.82) is 0 Å². The zero-order valence-corrected chi connectivity index (χ0v) is 11.1. The van der Waals surface area contributed by atoms with Gasteiger partial charge in [0.05, 0.1) is 12.0 Å². The van der Waals surface area contributed by atoms with E-state index in [1.807, 2.05) is 6.92 Å². The molecule has 0 aliphatic heterocycles. The molecule has 0 bridgehead atoms. The van der Waals surface area contributed by atoms with E-state index < -0.39 is 22.5 Å². The van der Waals surface area contributed by atoms with E-state index in [0.29, 0.717) is 5.69 Å². The zero-order valence-electron chi connectivity index (χ0n) is 10.3. The maximum absolute atomic E-state index is 11.8. The minimum absolute atomic E-state index is 0.0288. The molecule has 0 saturated carbocycles. The average Bonchev–Trinajstić information content (AvgIpc) is 2.35. The van der Waals surface area contributed by atoms with Gasteiger partial charge < -0.3 is 10.5 Å². The lowest BCUT2D eigenvalue weighted by Crippen LogP contribution is -2.30. The van der Waals surface area contributed by atoms with Crippen LogP contribution in [0.1, 0.15) is 12.5 Å². The van der Waals surface area contributed by atoms with Crippen LogP contribution in [-0.4, -0.2) is 28.0 Å². The Kier molecular flexibility index (Phi) is 4.69. The van der Waals surface area contributed by atoms with Crippen LogP contribution in [0.3, 0.4) is 0 Å². The normalized spacial score (nSPS) is 11.2. The van der Waals surface area contributed by atoms with Crippen molar-refractivity contribution in [3.63, 3.8) is 0 Å². The van der Waals surface area contributed by atoms with Gasteiger partial charge in [0.25, 0.3) is 0 Å². The smallest absolute Gasteiger partial charge is 0.320 e. The van der Waals surface area contributed by atoms with Gasteiger partial charge in [0.2, 0.25) is 10.0 Å². The van der Waals surface area contributed by atoms with Crippen molar-refractivity contribution >= 4 is 21.7 Å². The summed E-state index contributed by atoms with van der Waals surface area (Å²) >= 11 is 0. The highest BCUT2D eigenvalue weighted by Gasteiger charge is 2.16. The molecular formula is C11H16N2O4S. The Morgan fingerprint density at radius 3 is 2.61 bits per heavy atom. The third kappa shape index (κ3) is 3.44. The van der Waals surface area contributed by atoms with Crippen molar-refractivity contribution in [2.75, 3.05) is 19.4 Å². The number of rotatable bonds is 5. The number of carbonyl (C=O) groups is 1. The van der Waals surface area contributed by atoms with Crippen LogP contribution in [0.5, 0.6) is 0 Å². The number of nitrogen functional groups attached to an aromatic ring is 1. The number of anilines is 1. The highest BCUT2D eigenvalue weighted by molar-refractivity contribution is 7.89. The number of aryl methyl sites for hydroxylation is 1. The van der Waals surface area contributed by atoms with Crippen LogP contribution in [0.25, 0.3) is 0 Å². The van der Waals surface area contributed by atoms with Gasteiger partial charge in [0, 0.05) is 5.69 Å². The Morgan fingerprint density at radius 2 is 2.11 bits per heavy atom. The molecule has 0 heterocycles. The Labute approximate surface area is 106 Å². The van der Waals surface area contributed by atoms with Crippen molar-refractivity contribution in [2.45, 2.75) is 18.2 Å². The summed E-state index contributed by atoms with van der Waals surface area (Å²) in [5.41, 5.74) is 7.02. The lowest BCUT2D eigenvalue weighted by atomic mass is 10.1. The maximum atomic E-state index is 11.8. The first kappa shape index (κ1) is 14.5. The average molecular weight is 272 g/mol. The van der Waals surface area contributed by atoms with Crippen molar-refractivity contribution in [1.82, 2.24) is 4.72 Å². The van der Waals surface area contributed by atoms with Crippen LogP contribution in [-0.2, 0) is 26.0 Å². The fourth-order valence-corrected chi connectivity index (χ4v) is 2.38. The quantitative estimate of drug-likeness (QED) is 0.592. The fourth-order valence-electron chi connectivity index (χ4n) is 1.37. The maximum Gasteiger partial charge on any atom is 0.320 e. The van der Waals surface area contributed by atoms with Gasteiger partial charge in [-0.05, 0) is 24.1 Å². The number of hydrogen-bond donors (Lipinski definition) is 2. The van der Waals surface area contributed by atoms with E-state index in [1.165, 1.54) is 19.2 Å². The molecule has 0 aromatic heterocycles. The summed E-state index contributed by atoms with van der Waals surface area (Å²) in [6, 6.07) is 4.48. The first-order valence-corrected chi connectivity index (χ1v) is 6.84. The molecule has 1 aromatic carbocycles. The van der Waals surface area contributed by atoms with Crippen LogP contribution in [0.2, 0.25) is 0 Å². The van der Waals surface area contributed by atoms with Gasteiger partial charge in [-0.2, -0.15) is 4.72 Å². The number of ether oxygens (including phenoxy) is 1. The Balaban J connectivity index is 2.92. The number of hydrogen-bond acceptors (Lipinski definition) is 5. The van der Waals surface area contributed by atoms with E-state index in [1.54, 1.807) is 6.07 Å². The Hall–Kier alpha value is -1.60. The number of carbonyl (C=O) groups excluding carboxylic acids is 1. The molecule has 100 valence electrons. The molecule has 0 amide bonds. The van der Waals surface area contributed by atoms with E-state index in [9.17, 15) is 13.2 Å². The number of sulfonamides is 1. The predicted octanol–water partition coefficient (Wildman–Crippen LogP) is 0.282. The van der Waals surface area contributed by atoms with Crippen LogP contribution in [0.4, 0.5) is 5.69 Å². The van der Waals surface area contributed by atoms with Crippen molar-refractivity contribution in [2.24, 2.45) is 0 Å². The second kappa shape index (κ2) is 5.83.